The fourth-order valence-corrected chi connectivity index (χ4v) is 3.43. The summed E-state index contributed by atoms with van der Waals surface area (Å²) < 4.78 is 2.02. The highest BCUT2D eigenvalue weighted by Crippen LogP contribution is 2.24. The monoisotopic (exact) mass is 326 g/mol. The van der Waals surface area contributed by atoms with Crippen LogP contribution in [0.4, 0.5) is 5.69 Å². The highest BCUT2D eigenvalue weighted by molar-refractivity contribution is 7.15. The van der Waals surface area contributed by atoms with Crippen LogP contribution in [-0.2, 0) is 4.79 Å². The Bertz CT molecular complexity index is 803. The van der Waals surface area contributed by atoms with E-state index in [-0.39, 0.29) is 11.8 Å². The summed E-state index contributed by atoms with van der Waals surface area (Å²) in [5.41, 5.74) is 2.83. The Balaban J connectivity index is 1.47. The Hall–Kier alpha value is -2.18. The van der Waals surface area contributed by atoms with Crippen LogP contribution < -0.4 is 10.6 Å². The molecule has 23 heavy (non-hydrogen) atoms. The van der Waals surface area contributed by atoms with Crippen molar-refractivity contribution in [1.82, 2.24) is 14.7 Å². The third kappa shape index (κ3) is 2.75. The lowest BCUT2D eigenvalue weighted by Gasteiger charge is -2.31. The molecule has 6 heteroatoms. The maximum Gasteiger partial charge on any atom is 0.227 e. The summed E-state index contributed by atoms with van der Waals surface area (Å²) >= 11 is 1.62. The number of carbonyl (C=O) groups is 1. The molecule has 118 valence electrons. The number of aromatic nitrogens is 2. The first-order chi connectivity index (χ1) is 11.2. The van der Waals surface area contributed by atoms with Crippen LogP contribution in [0, 0.1) is 11.8 Å². The molecule has 0 aliphatic carbocycles. The molecule has 1 saturated heterocycles. The second kappa shape index (κ2) is 5.79. The zero-order chi connectivity index (χ0) is 15.8. The van der Waals surface area contributed by atoms with E-state index in [1.165, 1.54) is 0 Å². The van der Waals surface area contributed by atoms with Crippen LogP contribution in [-0.4, -0.2) is 28.4 Å². The SMILES string of the molecule is CC(C(=O)Nc1ccc(-c2cn3ccsc3n2)cc1)C1CNC1. The molecule has 1 atom stereocenters. The molecule has 1 aromatic carbocycles. The molecule has 4 rings (SSSR count). The smallest absolute Gasteiger partial charge is 0.227 e. The van der Waals surface area contributed by atoms with Crippen molar-refractivity contribution in [3.05, 3.63) is 42.0 Å². The molecule has 3 aromatic rings. The lowest BCUT2D eigenvalue weighted by Crippen LogP contribution is -2.48. The molecule has 0 spiro atoms. The number of hydrogen-bond acceptors (Lipinski definition) is 4. The molecule has 1 aliphatic rings. The number of nitrogens with zero attached hydrogens (tertiary/aromatic N) is 2. The number of benzene rings is 1. The highest BCUT2D eigenvalue weighted by atomic mass is 32.1. The van der Waals surface area contributed by atoms with Gasteiger partial charge in [0.25, 0.3) is 0 Å². The molecule has 1 amide bonds. The fraction of sp³-hybridized carbons (Fsp3) is 0.294. The number of amides is 1. The van der Waals surface area contributed by atoms with Gasteiger partial charge in [0.1, 0.15) is 0 Å². The van der Waals surface area contributed by atoms with Crippen LogP contribution in [0.3, 0.4) is 0 Å². The van der Waals surface area contributed by atoms with E-state index >= 15 is 0 Å². The van der Waals surface area contributed by atoms with Crippen LogP contribution >= 0.6 is 11.3 Å². The molecular weight excluding hydrogens is 308 g/mol. The van der Waals surface area contributed by atoms with E-state index in [0.29, 0.717) is 5.92 Å². The van der Waals surface area contributed by atoms with E-state index in [2.05, 4.69) is 15.6 Å². The average molecular weight is 326 g/mol. The molecule has 0 bridgehead atoms. The van der Waals surface area contributed by atoms with Gasteiger partial charge in [0.05, 0.1) is 5.69 Å². The minimum absolute atomic E-state index is 0.0378. The number of hydrogen-bond donors (Lipinski definition) is 2. The van der Waals surface area contributed by atoms with Crippen molar-refractivity contribution < 1.29 is 4.79 Å². The van der Waals surface area contributed by atoms with Gasteiger partial charge in [0.15, 0.2) is 4.96 Å². The summed E-state index contributed by atoms with van der Waals surface area (Å²) in [5, 5.41) is 8.23. The van der Waals surface area contributed by atoms with Crippen LogP contribution in [0.2, 0.25) is 0 Å². The summed E-state index contributed by atoms with van der Waals surface area (Å²) in [7, 11) is 0. The number of rotatable bonds is 4. The van der Waals surface area contributed by atoms with Gasteiger partial charge >= 0.3 is 0 Å². The summed E-state index contributed by atoms with van der Waals surface area (Å²) in [6, 6.07) is 7.87. The molecule has 0 radical (unpaired) electrons. The standard InChI is InChI=1S/C17H18N4OS/c1-11(13-8-18-9-13)16(22)19-14-4-2-12(3-5-14)15-10-21-6-7-23-17(21)20-15/h2-7,10-11,13,18H,8-9H2,1H3,(H,19,22). The third-order valence-corrected chi connectivity index (χ3v) is 5.25. The van der Waals surface area contributed by atoms with E-state index in [9.17, 15) is 4.79 Å². The summed E-state index contributed by atoms with van der Waals surface area (Å²) in [6.07, 6.45) is 4.02. The van der Waals surface area contributed by atoms with Crippen molar-refractivity contribution in [2.24, 2.45) is 11.8 Å². The number of nitrogens with one attached hydrogen (secondary N) is 2. The van der Waals surface area contributed by atoms with E-state index in [0.717, 1.165) is 35.0 Å². The minimum Gasteiger partial charge on any atom is -0.326 e. The fourth-order valence-electron chi connectivity index (χ4n) is 2.73. The quantitative estimate of drug-likeness (QED) is 0.775. The van der Waals surface area contributed by atoms with Gasteiger partial charge in [-0.3, -0.25) is 9.20 Å². The zero-order valence-corrected chi connectivity index (χ0v) is 13.6. The summed E-state index contributed by atoms with van der Waals surface area (Å²) in [6.45, 7) is 3.86. The van der Waals surface area contributed by atoms with E-state index < -0.39 is 0 Å². The van der Waals surface area contributed by atoms with Crippen LogP contribution in [0.1, 0.15) is 6.92 Å². The first-order valence-corrected chi connectivity index (χ1v) is 8.63. The molecule has 3 heterocycles. The van der Waals surface area contributed by atoms with E-state index in [1.54, 1.807) is 11.3 Å². The predicted molar refractivity (Wildman–Crippen MR) is 92.7 cm³/mol. The van der Waals surface area contributed by atoms with Gasteiger partial charge in [-0.1, -0.05) is 19.1 Å². The predicted octanol–water partition coefficient (Wildman–Crippen LogP) is 2.86. The van der Waals surface area contributed by atoms with Crippen LogP contribution in [0.5, 0.6) is 0 Å². The van der Waals surface area contributed by atoms with Gasteiger partial charge in [-0.05, 0) is 31.1 Å². The van der Waals surface area contributed by atoms with Crippen molar-refractivity contribution in [3.8, 4) is 11.3 Å². The van der Waals surface area contributed by atoms with Gasteiger partial charge in [-0.2, -0.15) is 0 Å². The molecule has 1 fully saturated rings. The first kappa shape index (κ1) is 14.4. The van der Waals surface area contributed by atoms with Crippen molar-refractivity contribution in [2.45, 2.75) is 6.92 Å². The molecule has 5 nitrogen and oxygen atoms in total. The topological polar surface area (TPSA) is 58.4 Å². The second-order valence-corrected chi connectivity index (χ2v) is 6.87. The molecule has 1 aliphatic heterocycles. The zero-order valence-electron chi connectivity index (χ0n) is 12.8. The Kier molecular flexibility index (Phi) is 3.63. The number of fused-ring (bicyclic) bond motifs is 1. The Morgan fingerprint density at radius 3 is 2.83 bits per heavy atom. The Labute approximate surface area is 138 Å². The van der Waals surface area contributed by atoms with E-state index in [4.69, 9.17) is 0 Å². The van der Waals surface area contributed by atoms with Crippen molar-refractivity contribution in [2.75, 3.05) is 18.4 Å². The second-order valence-electron chi connectivity index (χ2n) is 5.99. The van der Waals surface area contributed by atoms with Crippen molar-refractivity contribution >= 4 is 27.9 Å². The first-order valence-electron chi connectivity index (χ1n) is 7.75. The van der Waals surface area contributed by atoms with Crippen LogP contribution in [0.25, 0.3) is 16.2 Å². The summed E-state index contributed by atoms with van der Waals surface area (Å²) in [5.74, 6) is 0.579. The van der Waals surface area contributed by atoms with Crippen LogP contribution in [0.15, 0.2) is 42.0 Å². The van der Waals surface area contributed by atoms with Crippen molar-refractivity contribution in [1.29, 1.82) is 0 Å². The normalized spacial score (nSPS) is 16.2. The van der Waals surface area contributed by atoms with Gasteiger partial charge in [0, 0.05) is 34.9 Å². The number of imidazole rings is 1. The lowest BCUT2D eigenvalue weighted by molar-refractivity contribution is -0.121. The number of carbonyl (C=O) groups excluding carboxylic acids is 1. The van der Waals surface area contributed by atoms with Gasteiger partial charge in [-0.15, -0.1) is 11.3 Å². The van der Waals surface area contributed by atoms with Gasteiger partial charge in [-0.25, -0.2) is 4.98 Å². The third-order valence-electron chi connectivity index (χ3n) is 4.48. The minimum atomic E-state index is 0.0378. The molecule has 0 saturated carbocycles. The maximum atomic E-state index is 12.2. The highest BCUT2D eigenvalue weighted by Gasteiger charge is 2.28. The molecule has 2 N–H and O–H groups in total. The maximum absolute atomic E-state index is 12.2. The Morgan fingerprint density at radius 1 is 1.39 bits per heavy atom. The van der Waals surface area contributed by atoms with Crippen molar-refractivity contribution in [3.63, 3.8) is 0 Å². The number of anilines is 1. The largest absolute Gasteiger partial charge is 0.326 e. The molecular formula is C17H18N4OS. The van der Waals surface area contributed by atoms with Gasteiger partial charge < -0.3 is 10.6 Å². The molecule has 1 unspecified atom stereocenters. The van der Waals surface area contributed by atoms with E-state index in [1.807, 2.05) is 53.4 Å². The molecule has 2 aromatic heterocycles. The lowest BCUT2D eigenvalue weighted by atomic mass is 9.88. The van der Waals surface area contributed by atoms with Gasteiger partial charge in [0.2, 0.25) is 5.91 Å². The summed E-state index contributed by atoms with van der Waals surface area (Å²) in [4.78, 5) is 17.8. The average Bonchev–Trinajstić information content (AvgIpc) is 3.07. The Morgan fingerprint density at radius 2 is 2.17 bits per heavy atom. The number of thiazole rings is 1.